The summed E-state index contributed by atoms with van der Waals surface area (Å²) < 4.78 is 0. The molecule has 1 aromatic carbocycles. The van der Waals surface area contributed by atoms with Gasteiger partial charge in [0.15, 0.2) is 0 Å². The molecule has 34 heavy (non-hydrogen) atoms. The van der Waals surface area contributed by atoms with E-state index in [-0.39, 0.29) is 29.1 Å². The Morgan fingerprint density at radius 3 is 2.06 bits per heavy atom. The summed E-state index contributed by atoms with van der Waals surface area (Å²) in [6.45, 7) is 5.97. The van der Waals surface area contributed by atoms with E-state index in [1.54, 1.807) is 22.5 Å². The average Bonchev–Trinajstić information content (AvgIpc) is 2.75. The van der Waals surface area contributed by atoms with Crippen LogP contribution in [-0.2, 0) is 0 Å². The van der Waals surface area contributed by atoms with Gasteiger partial charge in [0.05, 0.1) is 0 Å². The molecule has 8 heteroatoms. The number of nitrogens with zero attached hydrogens (tertiary/aromatic N) is 1. The van der Waals surface area contributed by atoms with Crippen LogP contribution in [0, 0.1) is 16.7 Å². The Morgan fingerprint density at radius 2 is 1.50 bits per heavy atom. The molecule has 4 saturated carbocycles. The third kappa shape index (κ3) is 4.40. The number of likely N-dealkylation sites (tertiary alicyclic amines) is 1. The van der Waals surface area contributed by atoms with Crippen molar-refractivity contribution in [1.29, 1.82) is 0 Å². The summed E-state index contributed by atoms with van der Waals surface area (Å²) in [6.07, 6.45) is 8.61. The second-order valence-electron chi connectivity index (χ2n) is 12.1. The van der Waals surface area contributed by atoms with E-state index >= 15 is 0 Å². The Bertz CT molecular complexity index is 967. The number of rotatable bonds is 4. The topological polar surface area (TPSA) is 111 Å². The van der Waals surface area contributed by atoms with Gasteiger partial charge in [-0.3, -0.25) is 14.8 Å². The van der Waals surface area contributed by atoms with Crippen LogP contribution in [0.4, 0.5) is 4.79 Å². The molecule has 1 aromatic rings. The molecule has 0 aromatic heterocycles. The highest BCUT2D eigenvalue weighted by Crippen LogP contribution is 2.66. The van der Waals surface area contributed by atoms with Gasteiger partial charge in [0.25, 0.3) is 11.8 Å². The maximum Gasteiger partial charge on any atom is 0.315 e. The van der Waals surface area contributed by atoms with Gasteiger partial charge >= 0.3 is 6.03 Å². The van der Waals surface area contributed by atoms with Crippen molar-refractivity contribution in [1.82, 2.24) is 21.0 Å². The van der Waals surface area contributed by atoms with Gasteiger partial charge in [-0.2, -0.15) is 0 Å². The van der Waals surface area contributed by atoms with Crippen molar-refractivity contribution in [3.8, 4) is 0 Å². The highest BCUT2D eigenvalue weighted by Gasteiger charge is 2.60. The molecule has 1 saturated heterocycles. The summed E-state index contributed by atoms with van der Waals surface area (Å²) in [6, 6.07) is 6.22. The number of piperidine rings is 1. The number of carbonyl (C=O) groups is 3. The first-order valence-electron chi connectivity index (χ1n) is 12.5. The molecule has 2 unspecified atom stereocenters. The lowest BCUT2D eigenvalue weighted by molar-refractivity contribution is -0.113. The number of hydroxylamine groups is 1. The van der Waals surface area contributed by atoms with Crippen molar-refractivity contribution >= 4 is 17.8 Å². The van der Waals surface area contributed by atoms with Crippen LogP contribution in [0.15, 0.2) is 24.3 Å². The first-order valence-corrected chi connectivity index (χ1v) is 12.5. The van der Waals surface area contributed by atoms with Crippen LogP contribution in [0.5, 0.6) is 0 Å². The molecule has 4 N–H and O–H groups in total. The van der Waals surface area contributed by atoms with Gasteiger partial charge in [-0.1, -0.05) is 13.8 Å². The molecule has 5 fully saturated rings. The molecule has 5 aliphatic rings. The Hall–Kier alpha value is -2.61. The largest absolute Gasteiger partial charge is 0.338 e. The molecular weight excluding hydrogens is 432 g/mol. The summed E-state index contributed by atoms with van der Waals surface area (Å²) in [5.41, 5.74) is 3.02. The fraction of sp³-hybridized carbons (Fsp3) is 0.654. The molecular formula is C26H36N4O4. The summed E-state index contributed by atoms with van der Waals surface area (Å²) >= 11 is 0. The quantitative estimate of drug-likeness (QED) is 0.401. The Morgan fingerprint density at radius 1 is 0.912 bits per heavy atom. The summed E-state index contributed by atoms with van der Waals surface area (Å²) in [4.78, 5) is 39.1. The lowest BCUT2D eigenvalue weighted by Gasteiger charge is -2.65. The van der Waals surface area contributed by atoms with E-state index in [4.69, 9.17) is 5.21 Å². The van der Waals surface area contributed by atoms with Crippen molar-refractivity contribution in [3.63, 3.8) is 0 Å². The average molecular weight is 469 g/mol. The van der Waals surface area contributed by atoms with E-state index in [9.17, 15) is 14.4 Å². The fourth-order valence-electron chi connectivity index (χ4n) is 8.29. The lowest BCUT2D eigenvalue weighted by Crippen LogP contribution is -2.66. The van der Waals surface area contributed by atoms with Crippen molar-refractivity contribution < 1.29 is 19.6 Å². The SMILES string of the molecule is C[C@]12CC3CC(NC(=O)NC4CCN(C(=O)c5ccc(C(=O)NO)cc5)CC4)(C1)C[C@@](C)(C3)C2. The second kappa shape index (κ2) is 8.26. The van der Waals surface area contributed by atoms with Gasteiger partial charge < -0.3 is 15.5 Å². The van der Waals surface area contributed by atoms with Gasteiger partial charge in [0, 0.05) is 35.8 Å². The molecule has 4 aliphatic carbocycles. The number of urea groups is 1. The molecule has 0 radical (unpaired) electrons. The first kappa shape index (κ1) is 23.1. The number of amides is 4. The van der Waals surface area contributed by atoms with Crippen molar-refractivity contribution in [2.24, 2.45) is 16.7 Å². The minimum Gasteiger partial charge on any atom is -0.338 e. The van der Waals surface area contributed by atoms with Crippen molar-refractivity contribution in [2.45, 2.75) is 76.8 Å². The number of hydrogen-bond acceptors (Lipinski definition) is 4. The molecule has 6 rings (SSSR count). The van der Waals surface area contributed by atoms with Gasteiger partial charge in [-0.05, 0) is 92.4 Å². The summed E-state index contributed by atoms with van der Waals surface area (Å²) in [5, 5.41) is 15.3. The van der Waals surface area contributed by atoms with Gasteiger partial charge in [0.1, 0.15) is 0 Å². The van der Waals surface area contributed by atoms with E-state index in [1.807, 2.05) is 0 Å². The van der Waals surface area contributed by atoms with Crippen LogP contribution in [0.1, 0.15) is 85.9 Å². The molecule has 4 bridgehead atoms. The van der Waals surface area contributed by atoms with E-state index in [0.29, 0.717) is 29.5 Å². The van der Waals surface area contributed by atoms with Crippen LogP contribution < -0.4 is 16.1 Å². The predicted octanol–water partition coefficient (Wildman–Crippen LogP) is 3.46. The maximum atomic E-state index is 13.0. The number of nitrogens with one attached hydrogen (secondary N) is 3. The molecule has 1 aliphatic heterocycles. The van der Waals surface area contributed by atoms with Crippen LogP contribution in [0.3, 0.4) is 0 Å². The van der Waals surface area contributed by atoms with Gasteiger partial charge in [-0.25, -0.2) is 10.3 Å². The van der Waals surface area contributed by atoms with Crippen molar-refractivity contribution in [3.05, 3.63) is 35.4 Å². The highest BCUT2D eigenvalue weighted by atomic mass is 16.5. The standard InChI is InChI=1S/C26H36N4O4/c1-24-11-17-12-25(2,14-24)16-26(13-17,15-24)28-23(33)27-20-7-9-30(10-8-20)22(32)19-5-3-18(4-6-19)21(31)29-34/h3-6,17,20,34H,7-16H2,1-2H3,(H,29,31)(H2,27,28,33)/t17?,24-,25+,26?. The summed E-state index contributed by atoms with van der Waals surface area (Å²) in [5.74, 6) is 0.0303. The smallest absolute Gasteiger partial charge is 0.315 e. The normalized spacial score (nSPS) is 34.6. The number of benzene rings is 1. The van der Waals surface area contributed by atoms with Crippen molar-refractivity contribution in [2.75, 3.05) is 13.1 Å². The minimum absolute atomic E-state index is 0.0553. The number of carbonyl (C=O) groups excluding carboxylic acids is 3. The first-order chi connectivity index (χ1) is 16.1. The van der Waals surface area contributed by atoms with E-state index in [0.717, 1.165) is 38.0 Å². The Balaban J connectivity index is 1.13. The van der Waals surface area contributed by atoms with Crippen LogP contribution in [0.2, 0.25) is 0 Å². The summed E-state index contributed by atoms with van der Waals surface area (Å²) in [7, 11) is 0. The fourth-order valence-corrected chi connectivity index (χ4v) is 8.29. The van der Waals surface area contributed by atoms with Gasteiger partial charge in [0.2, 0.25) is 0 Å². The van der Waals surface area contributed by atoms with E-state index in [2.05, 4.69) is 24.5 Å². The van der Waals surface area contributed by atoms with E-state index < -0.39 is 5.91 Å². The molecule has 0 spiro atoms. The number of hydrogen-bond donors (Lipinski definition) is 4. The molecule has 4 amide bonds. The third-order valence-electron chi connectivity index (χ3n) is 8.62. The van der Waals surface area contributed by atoms with Crippen LogP contribution in [0.25, 0.3) is 0 Å². The molecule has 4 atom stereocenters. The van der Waals surface area contributed by atoms with Gasteiger partial charge in [-0.15, -0.1) is 0 Å². The van der Waals surface area contributed by atoms with E-state index in [1.165, 1.54) is 31.4 Å². The Labute approximate surface area is 200 Å². The minimum atomic E-state index is -0.610. The second-order valence-corrected chi connectivity index (χ2v) is 12.1. The predicted molar refractivity (Wildman–Crippen MR) is 126 cm³/mol. The zero-order valence-corrected chi connectivity index (χ0v) is 20.2. The Kier molecular flexibility index (Phi) is 5.62. The lowest BCUT2D eigenvalue weighted by atomic mass is 9.43. The van der Waals surface area contributed by atoms with Crippen LogP contribution >= 0.6 is 0 Å². The zero-order valence-electron chi connectivity index (χ0n) is 20.2. The monoisotopic (exact) mass is 468 g/mol. The molecule has 1 heterocycles. The zero-order chi connectivity index (χ0) is 24.1. The molecule has 8 nitrogen and oxygen atoms in total. The highest BCUT2D eigenvalue weighted by molar-refractivity contribution is 5.97. The third-order valence-corrected chi connectivity index (χ3v) is 8.62. The maximum absolute atomic E-state index is 13.0. The molecule has 184 valence electrons. The van der Waals surface area contributed by atoms with Crippen LogP contribution in [-0.4, -0.2) is 52.6 Å².